The highest BCUT2D eigenvalue weighted by Gasteiger charge is 2.28. The molecule has 1 aromatic rings. The molecule has 2 N–H and O–H groups in total. The number of nitrogens with one attached hydrogen (secondary N) is 2. The monoisotopic (exact) mass is 573 g/mol. The number of rotatable bonds is 25. The Kier molecular flexibility index (Phi) is 28.8. The second kappa shape index (κ2) is 30.0. The Hall–Kier alpha value is -1.52. The molecule has 4 heteroatoms. The van der Waals surface area contributed by atoms with Gasteiger partial charge in [-0.15, -0.1) is 0 Å². The molecule has 1 saturated carbocycles. The molecule has 1 aliphatic rings. The molecule has 1 aliphatic carbocycles. The van der Waals surface area contributed by atoms with Gasteiger partial charge in [0.1, 0.15) is 11.6 Å². The average Bonchev–Trinajstić information content (AvgIpc) is 3.85. The maximum atomic E-state index is 11.9. The number of benzene rings is 1. The first kappa shape index (κ1) is 39.5. The van der Waals surface area contributed by atoms with E-state index in [1.54, 1.807) is 0 Å². The Labute approximate surface area is 255 Å². The standard InChI is InChI=1S/C19H36O.C16H26N2O.C2H6/c1-2-3-4-5-6-7-8-9-10-11-12-13-14-15-19(20)18-16-17-18;1-3-15(18-12-11-17-2)9-10-16(19)13-14-7-5-4-6-8-14;1-2/h18H,2-17H2,1H3;4-8,15,17-18H,3,9-13H2,1-2H3;1-2H3. The van der Waals surface area contributed by atoms with Crippen molar-refractivity contribution in [3.63, 3.8) is 0 Å². The van der Waals surface area contributed by atoms with Crippen LogP contribution in [0.5, 0.6) is 0 Å². The number of ketones is 2. The Morgan fingerprint density at radius 3 is 1.78 bits per heavy atom. The number of hydrogen-bond acceptors (Lipinski definition) is 4. The lowest BCUT2D eigenvalue weighted by atomic mass is 10.0. The average molecular weight is 573 g/mol. The molecule has 1 aromatic carbocycles. The van der Waals surface area contributed by atoms with Crippen LogP contribution < -0.4 is 10.6 Å². The van der Waals surface area contributed by atoms with Crippen LogP contribution in [0.25, 0.3) is 0 Å². The van der Waals surface area contributed by atoms with Gasteiger partial charge in [0, 0.05) is 44.3 Å². The molecule has 0 amide bonds. The number of Topliss-reactive ketones (excluding diaryl/α,β-unsaturated/α-hetero) is 2. The number of hydrogen-bond donors (Lipinski definition) is 2. The van der Waals surface area contributed by atoms with Crippen molar-refractivity contribution in [3.05, 3.63) is 35.9 Å². The minimum atomic E-state index is 0.333. The number of unbranched alkanes of at least 4 members (excludes halogenated alkanes) is 12. The van der Waals surface area contributed by atoms with E-state index in [4.69, 9.17) is 0 Å². The molecule has 0 radical (unpaired) electrons. The minimum Gasteiger partial charge on any atom is -0.318 e. The Bertz CT molecular complexity index is 702. The zero-order chi connectivity index (χ0) is 30.4. The van der Waals surface area contributed by atoms with E-state index in [1.165, 1.54) is 89.9 Å². The van der Waals surface area contributed by atoms with E-state index in [-0.39, 0.29) is 0 Å². The first-order valence-corrected chi connectivity index (χ1v) is 17.6. The summed E-state index contributed by atoms with van der Waals surface area (Å²) in [5.74, 6) is 1.36. The molecule has 1 fully saturated rings. The molecule has 0 saturated heterocycles. The molecule has 0 aromatic heterocycles. The van der Waals surface area contributed by atoms with Gasteiger partial charge in [-0.2, -0.15) is 0 Å². The number of carbonyl (C=O) groups is 2. The fourth-order valence-electron chi connectivity index (χ4n) is 5.03. The Balaban J connectivity index is 0.000000737. The second-order valence-electron chi connectivity index (χ2n) is 11.6. The van der Waals surface area contributed by atoms with Gasteiger partial charge in [-0.05, 0) is 44.7 Å². The van der Waals surface area contributed by atoms with E-state index in [2.05, 4.69) is 24.5 Å². The summed E-state index contributed by atoms with van der Waals surface area (Å²) in [6, 6.07) is 10.4. The SMILES string of the molecule is CC.CCC(CCC(=O)Cc1ccccc1)NCCNC.CCCCCCCCCCCCCCCC(=O)C1CC1. The van der Waals surface area contributed by atoms with Gasteiger partial charge < -0.3 is 10.6 Å². The van der Waals surface area contributed by atoms with Crippen molar-refractivity contribution >= 4 is 11.6 Å². The van der Waals surface area contributed by atoms with Gasteiger partial charge in [0.25, 0.3) is 0 Å². The van der Waals surface area contributed by atoms with Gasteiger partial charge in [-0.25, -0.2) is 0 Å². The maximum absolute atomic E-state index is 11.9. The molecule has 238 valence electrons. The molecule has 1 unspecified atom stereocenters. The lowest BCUT2D eigenvalue weighted by molar-refractivity contribution is -0.120. The van der Waals surface area contributed by atoms with E-state index in [9.17, 15) is 9.59 Å². The predicted molar refractivity (Wildman–Crippen MR) is 180 cm³/mol. The van der Waals surface area contributed by atoms with E-state index in [0.717, 1.165) is 44.3 Å². The second-order valence-corrected chi connectivity index (χ2v) is 11.6. The number of likely N-dealkylation sites (N-methyl/N-ethyl adjacent to an activating group) is 1. The van der Waals surface area contributed by atoms with Crippen LogP contribution >= 0.6 is 0 Å². The van der Waals surface area contributed by atoms with Crippen molar-refractivity contribution in [2.75, 3.05) is 20.1 Å². The first-order valence-electron chi connectivity index (χ1n) is 17.6. The van der Waals surface area contributed by atoms with Gasteiger partial charge in [-0.1, -0.05) is 135 Å². The normalized spacial score (nSPS) is 13.0. The zero-order valence-electron chi connectivity index (χ0n) is 27.9. The smallest absolute Gasteiger partial charge is 0.137 e. The topological polar surface area (TPSA) is 58.2 Å². The van der Waals surface area contributed by atoms with E-state index in [1.807, 2.05) is 51.2 Å². The van der Waals surface area contributed by atoms with Crippen LogP contribution in [-0.2, 0) is 16.0 Å². The molecule has 0 aliphatic heterocycles. The molecule has 0 bridgehead atoms. The van der Waals surface area contributed by atoms with Crippen molar-refractivity contribution < 1.29 is 9.59 Å². The van der Waals surface area contributed by atoms with Crippen molar-refractivity contribution in [2.45, 2.75) is 162 Å². The summed E-state index contributed by atoms with van der Waals surface area (Å²) >= 11 is 0. The quantitative estimate of drug-likeness (QED) is 0.115. The lowest BCUT2D eigenvalue weighted by Crippen LogP contribution is -2.34. The molecule has 0 heterocycles. The summed E-state index contributed by atoms with van der Waals surface area (Å²) in [6.07, 6.45) is 24.4. The first-order chi connectivity index (χ1) is 20.1. The summed E-state index contributed by atoms with van der Waals surface area (Å²) in [5, 5.41) is 6.59. The highest BCUT2D eigenvalue weighted by atomic mass is 16.1. The highest BCUT2D eigenvalue weighted by Crippen LogP contribution is 2.31. The van der Waals surface area contributed by atoms with Crippen LogP contribution in [0, 0.1) is 5.92 Å². The van der Waals surface area contributed by atoms with Crippen molar-refractivity contribution in [2.24, 2.45) is 5.92 Å². The molecular formula is C37H68N2O2. The lowest BCUT2D eigenvalue weighted by Gasteiger charge is -2.16. The summed E-state index contributed by atoms with van der Waals surface area (Å²) < 4.78 is 0. The van der Waals surface area contributed by atoms with Crippen LogP contribution in [0.15, 0.2) is 30.3 Å². The molecule has 2 rings (SSSR count). The summed E-state index contributed by atoms with van der Waals surface area (Å²) in [5.41, 5.74) is 1.11. The summed E-state index contributed by atoms with van der Waals surface area (Å²) in [4.78, 5) is 23.4. The fourth-order valence-corrected chi connectivity index (χ4v) is 5.03. The van der Waals surface area contributed by atoms with Gasteiger partial charge in [0.05, 0.1) is 0 Å². The Morgan fingerprint density at radius 1 is 0.756 bits per heavy atom. The highest BCUT2D eigenvalue weighted by molar-refractivity contribution is 5.83. The summed E-state index contributed by atoms with van der Waals surface area (Å²) in [7, 11) is 1.95. The van der Waals surface area contributed by atoms with Crippen LogP contribution in [0.2, 0.25) is 0 Å². The van der Waals surface area contributed by atoms with Gasteiger partial charge in [0.15, 0.2) is 0 Å². The fraction of sp³-hybridized carbons (Fsp3) is 0.784. The predicted octanol–water partition coefficient (Wildman–Crippen LogP) is 9.64. The molecule has 1 atom stereocenters. The summed E-state index contributed by atoms with van der Waals surface area (Å²) in [6.45, 7) is 10.4. The van der Waals surface area contributed by atoms with Crippen LogP contribution in [0.1, 0.15) is 155 Å². The zero-order valence-corrected chi connectivity index (χ0v) is 27.9. The molecular weight excluding hydrogens is 504 g/mol. The van der Waals surface area contributed by atoms with E-state index >= 15 is 0 Å². The van der Waals surface area contributed by atoms with Gasteiger partial charge in [0.2, 0.25) is 0 Å². The van der Waals surface area contributed by atoms with E-state index in [0.29, 0.717) is 36.4 Å². The van der Waals surface area contributed by atoms with Gasteiger partial charge in [-0.3, -0.25) is 9.59 Å². The Morgan fingerprint density at radius 2 is 1.29 bits per heavy atom. The van der Waals surface area contributed by atoms with Crippen LogP contribution in [-0.4, -0.2) is 37.7 Å². The largest absolute Gasteiger partial charge is 0.318 e. The molecule has 41 heavy (non-hydrogen) atoms. The third-order valence-electron chi connectivity index (χ3n) is 7.88. The third kappa shape index (κ3) is 25.9. The van der Waals surface area contributed by atoms with Crippen LogP contribution in [0.3, 0.4) is 0 Å². The minimum absolute atomic E-state index is 0.333. The van der Waals surface area contributed by atoms with Crippen molar-refractivity contribution in [1.29, 1.82) is 0 Å². The van der Waals surface area contributed by atoms with E-state index < -0.39 is 0 Å². The third-order valence-corrected chi connectivity index (χ3v) is 7.88. The maximum Gasteiger partial charge on any atom is 0.137 e. The van der Waals surface area contributed by atoms with Crippen molar-refractivity contribution in [1.82, 2.24) is 10.6 Å². The number of carbonyl (C=O) groups excluding carboxylic acids is 2. The molecule has 4 nitrogen and oxygen atoms in total. The molecule has 0 spiro atoms. The van der Waals surface area contributed by atoms with Gasteiger partial charge >= 0.3 is 0 Å². The van der Waals surface area contributed by atoms with Crippen molar-refractivity contribution in [3.8, 4) is 0 Å². The van der Waals surface area contributed by atoms with Crippen LogP contribution in [0.4, 0.5) is 0 Å².